The van der Waals surface area contributed by atoms with Crippen molar-refractivity contribution in [3.8, 4) is 12.3 Å². The van der Waals surface area contributed by atoms with Gasteiger partial charge in [0.15, 0.2) is 0 Å². The molecule has 2 atom stereocenters. The maximum absolute atomic E-state index is 13.1. The highest BCUT2D eigenvalue weighted by Gasteiger charge is 2.39. The van der Waals surface area contributed by atoms with Crippen molar-refractivity contribution in [3.63, 3.8) is 0 Å². The van der Waals surface area contributed by atoms with Crippen molar-refractivity contribution in [1.82, 2.24) is 9.62 Å². The Morgan fingerprint density at radius 1 is 1.30 bits per heavy atom. The molecule has 27 heavy (non-hydrogen) atoms. The van der Waals surface area contributed by atoms with Gasteiger partial charge in [-0.1, -0.05) is 31.2 Å². The highest BCUT2D eigenvalue weighted by atomic mass is 32.2. The monoisotopic (exact) mass is 390 g/mol. The number of aliphatic hydroxyl groups is 1. The number of rotatable bonds is 5. The molecule has 2 unspecified atom stereocenters. The number of aliphatic hydroxyl groups excluding tert-OH is 1. The Morgan fingerprint density at radius 2 is 2.04 bits per heavy atom. The molecule has 0 radical (unpaired) electrons. The van der Waals surface area contributed by atoms with Crippen LogP contribution in [-0.4, -0.2) is 49.6 Å². The van der Waals surface area contributed by atoms with Crippen LogP contribution in [0.3, 0.4) is 0 Å². The Morgan fingerprint density at radius 3 is 2.74 bits per heavy atom. The molecule has 1 heterocycles. The van der Waals surface area contributed by atoms with Gasteiger partial charge >= 0.3 is 0 Å². The number of likely N-dealkylation sites (tertiary alicyclic amines) is 1. The molecule has 7 heteroatoms. The minimum atomic E-state index is -3.76. The van der Waals surface area contributed by atoms with Gasteiger partial charge in [0.05, 0.1) is 17.5 Å². The molecule has 1 aromatic rings. The average Bonchev–Trinajstić information content (AvgIpc) is 3.08. The molecular formula is C20H26N2O4S. The molecule has 1 aromatic carbocycles. The van der Waals surface area contributed by atoms with Crippen LogP contribution in [0, 0.1) is 18.3 Å². The first-order chi connectivity index (χ1) is 12.9. The van der Waals surface area contributed by atoms with E-state index >= 15 is 0 Å². The van der Waals surface area contributed by atoms with Gasteiger partial charge in [-0.15, -0.1) is 6.42 Å². The Hall–Kier alpha value is -1.88. The van der Waals surface area contributed by atoms with Gasteiger partial charge < -0.3 is 10.0 Å². The molecular weight excluding hydrogens is 364 g/mol. The van der Waals surface area contributed by atoms with E-state index in [9.17, 15) is 18.3 Å². The molecule has 1 aliphatic carbocycles. The second-order valence-corrected chi connectivity index (χ2v) is 9.14. The summed E-state index contributed by atoms with van der Waals surface area (Å²) in [6.07, 6.45) is 10.9. The molecule has 6 nitrogen and oxygen atoms in total. The smallest absolute Gasteiger partial charge is 0.254 e. The summed E-state index contributed by atoms with van der Waals surface area (Å²) in [7, 11) is -3.76. The molecule has 2 N–H and O–H groups in total. The van der Waals surface area contributed by atoms with E-state index in [2.05, 4.69) is 10.6 Å². The molecule has 1 aliphatic heterocycles. The minimum Gasteiger partial charge on any atom is -0.391 e. The van der Waals surface area contributed by atoms with Crippen LogP contribution in [-0.2, 0) is 10.0 Å². The molecule has 3 rings (SSSR count). The van der Waals surface area contributed by atoms with Crippen LogP contribution in [0.5, 0.6) is 0 Å². The highest BCUT2D eigenvalue weighted by Crippen LogP contribution is 2.35. The quantitative estimate of drug-likeness (QED) is 0.750. The number of nitrogens with one attached hydrogen (secondary N) is 1. The number of hydrogen-bond acceptors (Lipinski definition) is 4. The maximum Gasteiger partial charge on any atom is 0.254 e. The SMILES string of the molecule is C#CCNS(=O)(=O)c1cccc(C(=O)N2CC(O)CC2C2CCCCC2)c1. The zero-order chi connectivity index (χ0) is 19.4. The summed E-state index contributed by atoms with van der Waals surface area (Å²) in [4.78, 5) is 14.9. The van der Waals surface area contributed by atoms with Crippen LogP contribution >= 0.6 is 0 Å². The van der Waals surface area contributed by atoms with Crippen molar-refractivity contribution < 1.29 is 18.3 Å². The van der Waals surface area contributed by atoms with Crippen molar-refractivity contribution >= 4 is 15.9 Å². The molecule has 1 amide bonds. The summed E-state index contributed by atoms with van der Waals surface area (Å²) < 4.78 is 26.9. The summed E-state index contributed by atoms with van der Waals surface area (Å²) in [6, 6.07) is 6.01. The molecule has 146 valence electrons. The van der Waals surface area contributed by atoms with E-state index in [-0.39, 0.29) is 23.4 Å². The van der Waals surface area contributed by atoms with Crippen molar-refractivity contribution in [2.45, 2.75) is 55.6 Å². The molecule has 2 fully saturated rings. The number of hydrogen-bond donors (Lipinski definition) is 2. The van der Waals surface area contributed by atoms with Gasteiger partial charge in [0, 0.05) is 18.2 Å². The molecule has 0 bridgehead atoms. The van der Waals surface area contributed by atoms with Gasteiger partial charge in [0.1, 0.15) is 0 Å². The van der Waals surface area contributed by atoms with E-state index in [4.69, 9.17) is 6.42 Å². The fourth-order valence-electron chi connectivity index (χ4n) is 4.22. The predicted molar refractivity (Wildman–Crippen MR) is 102 cm³/mol. The minimum absolute atomic E-state index is 0.0116. The number of nitrogens with zero attached hydrogens (tertiary/aromatic N) is 1. The third-order valence-corrected chi connectivity index (χ3v) is 6.93. The van der Waals surface area contributed by atoms with E-state index in [1.807, 2.05) is 0 Å². The first kappa shape index (κ1) is 19.9. The van der Waals surface area contributed by atoms with Gasteiger partial charge in [-0.3, -0.25) is 4.79 Å². The lowest BCUT2D eigenvalue weighted by Gasteiger charge is -2.34. The van der Waals surface area contributed by atoms with Gasteiger partial charge in [-0.05, 0) is 43.4 Å². The van der Waals surface area contributed by atoms with Crippen LogP contribution in [0.15, 0.2) is 29.2 Å². The number of benzene rings is 1. The van der Waals surface area contributed by atoms with Crippen LogP contribution in [0.4, 0.5) is 0 Å². The first-order valence-electron chi connectivity index (χ1n) is 9.44. The largest absolute Gasteiger partial charge is 0.391 e. The van der Waals surface area contributed by atoms with Crippen LogP contribution < -0.4 is 4.72 Å². The molecule has 1 saturated carbocycles. The van der Waals surface area contributed by atoms with Gasteiger partial charge in [-0.25, -0.2) is 8.42 Å². The number of carbonyl (C=O) groups excluding carboxylic acids is 1. The lowest BCUT2D eigenvalue weighted by Crippen LogP contribution is -2.41. The summed E-state index contributed by atoms with van der Waals surface area (Å²) in [5.74, 6) is 2.41. The van der Waals surface area contributed by atoms with Crippen molar-refractivity contribution in [2.24, 2.45) is 5.92 Å². The van der Waals surface area contributed by atoms with Gasteiger partial charge in [-0.2, -0.15) is 4.72 Å². The predicted octanol–water partition coefficient (Wildman–Crippen LogP) is 1.75. The average molecular weight is 391 g/mol. The molecule has 2 aliphatic rings. The van der Waals surface area contributed by atoms with Crippen LogP contribution in [0.1, 0.15) is 48.9 Å². The normalized spacial score (nSPS) is 23.9. The summed E-state index contributed by atoms with van der Waals surface area (Å²) in [5, 5.41) is 10.2. The standard InChI is InChI=1S/C20H26N2O4S/c1-2-11-21-27(25,26)18-10-6-9-16(12-18)20(24)22-14-17(23)13-19(22)15-7-4-3-5-8-15/h1,6,9-10,12,15,17,19,21,23H,3-5,7-8,11,13-14H2. The molecule has 0 spiro atoms. The zero-order valence-corrected chi connectivity index (χ0v) is 16.1. The lowest BCUT2D eigenvalue weighted by atomic mass is 9.82. The second kappa shape index (κ2) is 8.42. The number of β-amino-alcohol motifs (C(OH)–C–C–N with tert-alkyl or cyclic N) is 1. The number of amides is 1. The van der Waals surface area contributed by atoms with Crippen molar-refractivity contribution in [3.05, 3.63) is 29.8 Å². The van der Waals surface area contributed by atoms with Crippen molar-refractivity contribution in [2.75, 3.05) is 13.1 Å². The van der Waals surface area contributed by atoms with E-state index < -0.39 is 16.1 Å². The van der Waals surface area contributed by atoms with E-state index in [1.54, 1.807) is 17.0 Å². The number of carbonyl (C=O) groups is 1. The summed E-state index contributed by atoms with van der Waals surface area (Å²) >= 11 is 0. The third-order valence-electron chi connectivity index (χ3n) is 5.53. The van der Waals surface area contributed by atoms with Crippen LogP contribution in [0.2, 0.25) is 0 Å². The second-order valence-electron chi connectivity index (χ2n) is 7.37. The zero-order valence-electron chi connectivity index (χ0n) is 15.3. The van der Waals surface area contributed by atoms with Gasteiger partial charge in [0.2, 0.25) is 10.0 Å². The third kappa shape index (κ3) is 4.52. The Balaban J connectivity index is 1.82. The van der Waals surface area contributed by atoms with Crippen molar-refractivity contribution in [1.29, 1.82) is 0 Å². The molecule has 0 aromatic heterocycles. The maximum atomic E-state index is 13.1. The van der Waals surface area contributed by atoms with Crippen LogP contribution in [0.25, 0.3) is 0 Å². The summed E-state index contributed by atoms with van der Waals surface area (Å²) in [6.45, 7) is 0.189. The topological polar surface area (TPSA) is 86.7 Å². The summed E-state index contributed by atoms with van der Waals surface area (Å²) in [5.41, 5.74) is 0.313. The Bertz CT molecular complexity index is 825. The first-order valence-corrected chi connectivity index (χ1v) is 10.9. The fraction of sp³-hybridized carbons (Fsp3) is 0.550. The van der Waals surface area contributed by atoms with E-state index in [1.165, 1.54) is 18.6 Å². The Kier molecular flexibility index (Phi) is 6.20. The number of sulfonamides is 1. The highest BCUT2D eigenvalue weighted by molar-refractivity contribution is 7.89. The van der Waals surface area contributed by atoms with E-state index in [0.29, 0.717) is 24.4 Å². The van der Waals surface area contributed by atoms with E-state index in [0.717, 1.165) is 25.7 Å². The Labute approximate surface area is 161 Å². The fourth-order valence-corrected chi connectivity index (χ4v) is 5.20. The molecule has 1 saturated heterocycles. The van der Waals surface area contributed by atoms with Gasteiger partial charge in [0.25, 0.3) is 5.91 Å². The number of terminal acetylenes is 1. The lowest BCUT2D eigenvalue weighted by molar-refractivity contribution is 0.0650.